The smallest absolute Gasteiger partial charge is 0.140 e. The van der Waals surface area contributed by atoms with Crippen LogP contribution in [0.3, 0.4) is 0 Å². The normalized spacial score (nSPS) is 10.7. The number of phenolic OH excluding ortho intramolecular Hbond substituents is 1. The lowest BCUT2D eigenvalue weighted by atomic mass is 10.2. The van der Waals surface area contributed by atoms with Crippen LogP contribution < -0.4 is 0 Å². The lowest BCUT2D eigenvalue weighted by Crippen LogP contribution is -2.01. The fourth-order valence-electron chi connectivity index (χ4n) is 2.15. The highest BCUT2D eigenvalue weighted by molar-refractivity contribution is 5.55. The molecule has 20 heavy (non-hydrogen) atoms. The summed E-state index contributed by atoms with van der Waals surface area (Å²) in [5.74, 6) is 0.749. The number of halogens is 1. The van der Waals surface area contributed by atoms with Gasteiger partial charge in [-0.3, -0.25) is 0 Å². The molecule has 0 amide bonds. The van der Waals surface area contributed by atoms with Crippen molar-refractivity contribution in [2.24, 2.45) is 0 Å². The molecule has 0 spiro atoms. The largest absolute Gasteiger partial charge is 0.508 e. The fraction of sp³-hybridized carbons (Fsp3) is 0.0625. The van der Waals surface area contributed by atoms with Gasteiger partial charge >= 0.3 is 0 Å². The number of phenols is 1. The van der Waals surface area contributed by atoms with Gasteiger partial charge in [-0.1, -0.05) is 12.1 Å². The summed E-state index contributed by atoms with van der Waals surface area (Å²) in [5.41, 5.74) is 1.84. The molecule has 3 aromatic rings. The van der Waals surface area contributed by atoms with Crippen molar-refractivity contribution >= 4 is 0 Å². The van der Waals surface area contributed by atoms with Crippen molar-refractivity contribution in [3.8, 4) is 17.1 Å². The van der Waals surface area contributed by atoms with E-state index in [0.717, 1.165) is 17.0 Å². The number of imidazole rings is 1. The van der Waals surface area contributed by atoms with Crippen LogP contribution >= 0.6 is 0 Å². The number of aromatic hydroxyl groups is 1. The molecule has 0 saturated carbocycles. The van der Waals surface area contributed by atoms with Crippen LogP contribution in [0.2, 0.25) is 0 Å². The Labute approximate surface area is 116 Å². The topological polar surface area (TPSA) is 38.0 Å². The molecule has 0 bridgehead atoms. The molecule has 1 heterocycles. The molecule has 1 N–H and O–H groups in total. The summed E-state index contributed by atoms with van der Waals surface area (Å²) < 4.78 is 14.9. The third-order valence-corrected chi connectivity index (χ3v) is 3.08. The van der Waals surface area contributed by atoms with Gasteiger partial charge in [0.1, 0.15) is 17.4 Å². The highest BCUT2D eigenvalue weighted by Gasteiger charge is 2.07. The van der Waals surface area contributed by atoms with Crippen molar-refractivity contribution < 1.29 is 9.50 Å². The van der Waals surface area contributed by atoms with E-state index in [4.69, 9.17) is 0 Å². The van der Waals surface area contributed by atoms with Gasteiger partial charge in [0.05, 0.1) is 0 Å². The van der Waals surface area contributed by atoms with Crippen molar-refractivity contribution in [2.45, 2.75) is 6.54 Å². The molecule has 2 aromatic carbocycles. The van der Waals surface area contributed by atoms with Gasteiger partial charge in [-0.25, -0.2) is 9.37 Å². The molecule has 0 radical (unpaired) electrons. The van der Waals surface area contributed by atoms with Gasteiger partial charge in [0, 0.05) is 24.5 Å². The maximum Gasteiger partial charge on any atom is 0.140 e. The summed E-state index contributed by atoms with van der Waals surface area (Å²) >= 11 is 0. The van der Waals surface area contributed by atoms with E-state index in [0.29, 0.717) is 6.54 Å². The lowest BCUT2D eigenvalue weighted by Gasteiger charge is -2.08. The lowest BCUT2D eigenvalue weighted by molar-refractivity contribution is 0.474. The van der Waals surface area contributed by atoms with Crippen molar-refractivity contribution in [1.29, 1.82) is 0 Å². The van der Waals surface area contributed by atoms with Crippen molar-refractivity contribution in [3.63, 3.8) is 0 Å². The molecule has 0 aliphatic rings. The Morgan fingerprint density at radius 1 is 1.10 bits per heavy atom. The molecule has 100 valence electrons. The molecule has 0 fully saturated rings. The fourth-order valence-corrected chi connectivity index (χ4v) is 2.15. The first kappa shape index (κ1) is 12.4. The van der Waals surface area contributed by atoms with Crippen LogP contribution in [-0.2, 0) is 6.54 Å². The van der Waals surface area contributed by atoms with Crippen LogP contribution in [0.15, 0.2) is 60.9 Å². The molecule has 0 unspecified atom stereocenters. The molecule has 0 saturated heterocycles. The average molecular weight is 268 g/mol. The van der Waals surface area contributed by atoms with E-state index in [-0.39, 0.29) is 11.6 Å². The van der Waals surface area contributed by atoms with E-state index < -0.39 is 0 Å². The van der Waals surface area contributed by atoms with Gasteiger partial charge in [0.2, 0.25) is 0 Å². The zero-order chi connectivity index (χ0) is 13.9. The first-order valence-electron chi connectivity index (χ1n) is 6.27. The first-order valence-corrected chi connectivity index (χ1v) is 6.27. The minimum Gasteiger partial charge on any atom is -0.508 e. The first-order chi connectivity index (χ1) is 9.72. The highest BCUT2D eigenvalue weighted by atomic mass is 19.1. The van der Waals surface area contributed by atoms with E-state index >= 15 is 0 Å². The summed E-state index contributed by atoms with van der Waals surface area (Å²) in [4.78, 5) is 4.31. The predicted molar refractivity (Wildman–Crippen MR) is 74.8 cm³/mol. The van der Waals surface area contributed by atoms with Gasteiger partial charge in [0.25, 0.3) is 0 Å². The van der Waals surface area contributed by atoms with Crippen LogP contribution in [0.1, 0.15) is 5.56 Å². The Morgan fingerprint density at radius 2 is 1.90 bits per heavy atom. The molecule has 0 atom stereocenters. The second-order valence-electron chi connectivity index (χ2n) is 4.56. The summed E-state index contributed by atoms with van der Waals surface area (Å²) in [7, 11) is 0. The molecule has 3 nitrogen and oxygen atoms in total. The second kappa shape index (κ2) is 5.17. The number of hydrogen-bond donors (Lipinski definition) is 1. The van der Waals surface area contributed by atoms with Crippen molar-refractivity contribution in [2.75, 3.05) is 0 Å². The van der Waals surface area contributed by atoms with Crippen LogP contribution in [0.4, 0.5) is 4.39 Å². The van der Waals surface area contributed by atoms with E-state index in [1.54, 1.807) is 36.5 Å². The van der Waals surface area contributed by atoms with Crippen LogP contribution in [0, 0.1) is 5.82 Å². The standard InChI is InChI=1S/C16H13FN2O/c17-14-6-4-13(5-7-14)16-18-8-9-19(16)11-12-2-1-3-15(20)10-12/h1-10,20H,11H2. The number of nitrogens with zero attached hydrogens (tertiary/aromatic N) is 2. The summed E-state index contributed by atoms with van der Waals surface area (Å²) in [6, 6.07) is 13.3. The third kappa shape index (κ3) is 2.54. The maximum atomic E-state index is 13.0. The predicted octanol–water partition coefficient (Wildman–Crippen LogP) is 3.44. The van der Waals surface area contributed by atoms with Crippen molar-refractivity contribution in [1.82, 2.24) is 9.55 Å². The van der Waals surface area contributed by atoms with Gasteiger partial charge in [-0.15, -0.1) is 0 Å². The molecular formula is C16H13FN2O. The molecule has 3 rings (SSSR count). The zero-order valence-corrected chi connectivity index (χ0v) is 10.7. The van der Waals surface area contributed by atoms with E-state index in [9.17, 15) is 9.50 Å². The minimum absolute atomic E-state index is 0.242. The van der Waals surface area contributed by atoms with Crippen molar-refractivity contribution in [3.05, 3.63) is 72.3 Å². The molecule has 0 aliphatic carbocycles. The van der Waals surface area contributed by atoms with Gasteiger partial charge in [0.15, 0.2) is 0 Å². The minimum atomic E-state index is -0.264. The number of aromatic nitrogens is 2. The Morgan fingerprint density at radius 3 is 2.65 bits per heavy atom. The quantitative estimate of drug-likeness (QED) is 0.790. The van der Waals surface area contributed by atoms with Gasteiger partial charge in [-0.2, -0.15) is 0 Å². The SMILES string of the molecule is Oc1cccc(Cn2ccnc2-c2ccc(F)cc2)c1. The average Bonchev–Trinajstić information content (AvgIpc) is 2.88. The number of rotatable bonds is 3. The monoisotopic (exact) mass is 268 g/mol. The number of benzene rings is 2. The van der Waals surface area contributed by atoms with Crippen LogP contribution in [0.25, 0.3) is 11.4 Å². The molecule has 4 heteroatoms. The van der Waals surface area contributed by atoms with Gasteiger partial charge in [-0.05, 0) is 42.0 Å². The zero-order valence-electron chi connectivity index (χ0n) is 10.7. The van der Waals surface area contributed by atoms with Gasteiger partial charge < -0.3 is 9.67 Å². The molecule has 1 aromatic heterocycles. The second-order valence-corrected chi connectivity index (χ2v) is 4.56. The Bertz CT molecular complexity index is 719. The third-order valence-electron chi connectivity index (χ3n) is 3.08. The van der Waals surface area contributed by atoms with E-state index in [1.165, 1.54) is 12.1 Å². The summed E-state index contributed by atoms with van der Waals surface area (Å²) in [6.07, 6.45) is 3.57. The molecular weight excluding hydrogens is 255 g/mol. The Hall–Kier alpha value is -2.62. The molecule has 0 aliphatic heterocycles. The maximum absolute atomic E-state index is 13.0. The van der Waals surface area contributed by atoms with E-state index in [1.807, 2.05) is 16.8 Å². The summed E-state index contributed by atoms with van der Waals surface area (Å²) in [5, 5.41) is 9.49. The van der Waals surface area contributed by atoms with Crippen LogP contribution in [0.5, 0.6) is 5.75 Å². The Balaban J connectivity index is 1.92. The summed E-state index contributed by atoms with van der Waals surface area (Å²) in [6.45, 7) is 0.598. The van der Waals surface area contributed by atoms with Crippen LogP contribution in [-0.4, -0.2) is 14.7 Å². The highest BCUT2D eigenvalue weighted by Crippen LogP contribution is 2.20. The number of hydrogen-bond acceptors (Lipinski definition) is 2. The van der Waals surface area contributed by atoms with E-state index in [2.05, 4.69) is 4.98 Å². The Kier molecular flexibility index (Phi) is 3.21.